The summed E-state index contributed by atoms with van der Waals surface area (Å²) in [4.78, 5) is 7.08. The smallest absolute Gasteiger partial charge is 0.191 e. The topological polar surface area (TPSA) is 48.9 Å². The Balaban J connectivity index is 0.00000361. The second-order valence-corrected chi connectivity index (χ2v) is 5.09. The first-order valence-electron chi connectivity index (χ1n) is 7.50. The molecule has 0 saturated heterocycles. The van der Waals surface area contributed by atoms with Gasteiger partial charge < -0.3 is 15.4 Å². The van der Waals surface area contributed by atoms with Gasteiger partial charge in [0.25, 0.3) is 0 Å². The Labute approximate surface area is 140 Å². The van der Waals surface area contributed by atoms with E-state index in [1.54, 1.807) is 0 Å². The Morgan fingerprint density at radius 3 is 2.60 bits per heavy atom. The molecule has 1 unspecified atom stereocenters. The molecule has 1 aliphatic rings. The number of guanidine groups is 1. The molecular weight excluding hydrogens is 367 g/mol. The first-order valence-corrected chi connectivity index (χ1v) is 7.50. The highest BCUT2D eigenvalue weighted by Crippen LogP contribution is 2.26. The summed E-state index contributed by atoms with van der Waals surface area (Å²) in [5.41, 5.74) is 0. The van der Waals surface area contributed by atoms with Crippen LogP contribution in [0.1, 0.15) is 33.6 Å². The normalized spacial score (nSPS) is 16.8. The molecule has 0 aliphatic heterocycles. The van der Waals surface area contributed by atoms with Gasteiger partial charge in [0, 0.05) is 31.8 Å². The number of halogens is 1. The van der Waals surface area contributed by atoms with Gasteiger partial charge in [-0.1, -0.05) is 0 Å². The molecule has 20 heavy (non-hydrogen) atoms. The predicted molar refractivity (Wildman–Crippen MR) is 96.1 cm³/mol. The van der Waals surface area contributed by atoms with Crippen molar-refractivity contribution in [1.82, 2.24) is 15.5 Å². The Bertz CT molecular complexity index is 272. The second kappa shape index (κ2) is 11.6. The molecule has 0 aromatic carbocycles. The van der Waals surface area contributed by atoms with Gasteiger partial charge in [0.15, 0.2) is 5.96 Å². The lowest BCUT2D eigenvalue weighted by Gasteiger charge is -2.23. The first-order chi connectivity index (χ1) is 9.19. The van der Waals surface area contributed by atoms with Crippen LogP contribution >= 0.6 is 24.0 Å². The van der Waals surface area contributed by atoms with Crippen molar-refractivity contribution in [2.75, 3.05) is 39.9 Å². The maximum atomic E-state index is 5.31. The molecule has 2 N–H and O–H groups in total. The van der Waals surface area contributed by atoms with Crippen LogP contribution in [0.25, 0.3) is 0 Å². The van der Waals surface area contributed by atoms with Crippen molar-refractivity contribution in [1.29, 1.82) is 0 Å². The van der Waals surface area contributed by atoms with Crippen molar-refractivity contribution < 1.29 is 4.74 Å². The molecule has 0 amide bonds. The van der Waals surface area contributed by atoms with E-state index in [9.17, 15) is 0 Å². The predicted octanol–water partition coefficient (Wildman–Crippen LogP) is 1.68. The second-order valence-electron chi connectivity index (χ2n) is 5.09. The van der Waals surface area contributed by atoms with Crippen molar-refractivity contribution in [3.8, 4) is 0 Å². The molecule has 0 aromatic heterocycles. The number of likely N-dealkylation sites (N-methyl/N-ethyl adjacent to an activating group) is 1. The molecule has 1 fully saturated rings. The van der Waals surface area contributed by atoms with E-state index in [2.05, 4.69) is 41.4 Å². The van der Waals surface area contributed by atoms with E-state index in [-0.39, 0.29) is 24.0 Å². The quantitative estimate of drug-likeness (QED) is 0.269. The molecule has 0 aromatic rings. The van der Waals surface area contributed by atoms with Gasteiger partial charge in [-0.2, -0.15) is 0 Å². The van der Waals surface area contributed by atoms with Crippen molar-refractivity contribution in [2.24, 2.45) is 4.99 Å². The largest absolute Gasteiger partial charge is 0.380 e. The zero-order valence-electron chi connectivity index (χ0n) is 13.3. The zero-order valence-corrected chi connectivity index (χ0v) is 15.6. The molecule has 1 rings (SSSR count). The van der Waals surface area contributed by atoms with E-state index >= 15 is 0 Å². The summed E-state index contributed by atoms with van der Waals surface area (Å²) in [6.07, 6.45) is 2.69. The Kier molecular flexibility index (Phi) is 11.5. The van der Waals surface area contributed by atoms with Crippen molar-refractivity contribution in [2.45, 2.75) is 45.7 Å². The van der Waals surface area contributed by atoms with Crippen molar-refractivity contribution in [3.63, 3.8) is 0 Å². The van der Waals surface area contributed by atoms with Crippen LogP contribution in [-0.2, 0) is 4.74 Å². The molecule has 1 atom stereocenters. The fourth-order valence-corrected chi connectivity index (χ4v) is 1.92. The van der Waals surface area contributed by atoms with Crippen LogP contribution in [0.4, 0.5) is 0 Å². The third-order valence-electron chi connectivity index (χ3n) is 3.42. The molecule has 6 heteroatoms. The average molecular weight is 398 g/mol. The van der Waals surface area contributed by atoms with Crippen LogP contribution in [0.3, 0.4) is 0 Å². The highest BCUT2D eigenvalue weighted by atomic mass is 127. The summed E-state index contributed by atoms with van der Waals surface area (Å²) < 4.78 is 5.31. The van der Waals surface area contributed by atoms with Crippen LogP contribution < -0.4 is 10.6 Å². The SMILES string of the molecule is CCNC(=NCC(C)N(C)C1CC1)NCCOCC.I. The lowest BCUT2D eigenvalue weighted by atomic mass is 10.3. The number of nitrogens with zero attached hydrogens (tertiary/aromatic N) is 2. The summed E-state index contributed by atoms with van der Waals surface area (Å²) in [6.45, 7) is 10.3. The van der Waals surface area contributed by atoms with Crippen LogP contribution in [0, 0.1) is 0 Å². The number of ether oxygens (including phenoxy) is 1. The summed E-state index contributed by atoms with van der Waals surface area (Å²) in [6, 6.07) is 1.29. The molecule has 1 aliphatic carbocycles. The summed E-state index contributed by atoms with van der Waals surface area (Å²) in [5.74, 6) is 0.887. The Hall–Kier alpha value is -0.0800. The van der Waals surface area contributed by atoms with Gasteiger partial charge in [-0.15, -0.1) is 24.0 Å². The van der Waals surface area contributed by atoms with E-state index in [1.807, 2.05) is 6.92 Å². The lowest BCUT2D eigenvalue weighted by Crippen LogP contribution is -2.40. The number of hydrogen-bond donors (Lipinski definition) is 2. The number of nitrogens with one attached hydrogen (secondary N) is 2. The maximum Gasteiger partial charge on any atom is 0.191 e. The van der Waals surface area contributed by atoms with Crippen LogP contribution in [0.5, 0.6) is 0 Å². The standard InChI is InChI=1S/C14H30N4O.HI/c1-5-15-14(16-9-10-19-6-2)17-11-12(3)18(4)13-7-8-13;/h12-13H,5-11H2,1-4H3,(H2,15,16,17);1H. The minimum absolute atomic E-state index is 0. The Morgan fingerprint density at radius 1 is 1.35 bits per heavy atom. The van der Waals surface area contributed by atoms with Gasteiger partial charge >= 0.3 is 0 Å². The van der Waals surface area contributed by atoms with Gasteiger partial charge in [0.05, 0.1) is 13.2 Å². The average Bonchev–Trinajstić information content (AvgIpc) is 3.24. The number of hydrogen-bond acceptors (Lipinski definition) is 3. The summed E-state index contributed by atoms with van der Waals surface area (Å²) in [7, 11) is 2.20. The third kappa shape index (κ3) is 8.26. The Morgan fingerprint density at radius 2 is 2.05 bits per heavy atom. The molecule has 0 radical (unpaired) electrons. The highest BCUT2D eigenvalue weighted by molar-refractivity contribution is 14.0. The molecule has 0 heterocycles. The molecular formula is C14H31IN4O. The highest BCUT2D eigenvalue weighted by Gasteiger charge is 2.28. The first kappa shape index (κ1) is 19.9. The minimum atomic E-state index is 0. The minimum Gasteiger partial charge on any atom is -0.380 e. The van der Waals surface area contributed by atoms with Crippen LogP contribution in [-0.4, -0.2) is 62.8 Å². The van der Waals surface area contributed by atoms with E-state index in [0.717, 1.165) is 44.8 Å². The fraction of sp³-hybridized carbons (Fsp3) is 0.929. The van der Waals surface area contributed by atoms with E-state index in [0.29, 0.717) is 6.04 Å². The number of aliphatic imine (C=N–C) groups is 1. The van der Waals surface area contributed by atoms with E-state index in [4.69, 9.17) is 4.74 Å². The van der Waals surface area contributed by atoms with Gasteiger partial charge in [0.2, 0.25) is 0 Å². The van der Waals surface area contributed by atoms with Crippen molar-refractivity contribution >= 4 is 29.9 Å². The molecule has 120 valence electrons. The zero-order chi connectivity index (χ0) is 14.1. The van der Waals surface area contributed by atoms with E-state index in [1.165, 1.54) is 12.8 Å². The van der Waals surface area contributed by atoms with Crippen molar-refractivity contribution in [3.05, 3.63) is 0 Å². The fourth-order valence-electron chi connectivity index (χ4n) is 1.92. The summed E-state index contributed by atoms with van der Waals surface area (Å²) in [5, 5.41) is 6.55. The van der Waals surface area contributed by atoms with Gasteiger partial charge in [-0.25, -0.2) is 0 Å². The molecule has 1 saturated carbocycles. The lowest BCUT2D eigenvalue weighted by molar-refractivity contribution is 0.152. The van der Waals surface area contributed by atoms with Crippen LogP contribution in [0.15, 0.2) is 4.99 Å². The number of rotatable bonds is 9. The van der Waals surface area contributed by atoms with Gasteiger partial charge in [-0.3, -0.25) is 9.89 Å². The maximum absolute atomic E-state index is 5.31. The van der Waals surface area contributed by atoms with E-state index < -0.39 is 0 Å². The van der Waals surface area contributed by atoms with Gasteiger partial charge in [0.1, 0.15) is 0 Å². The third-order valence-corrected chi connectivity index (χ3v) is 3.42. The molecule has 0 spiro atoms. The molecule has 5 nitrogen and oxygen atoms in total. The molecule has 0 bridgehead atoms. The summed E-state index contributed by atoms with van der Waals surface area (Å²) >= 11 is 0. The monoisotopic (exact) mass is 398 g/mol. The van der Waals surface area contributed by atoms with Crippen LogP contribution in [0.2, 0.25) is 0 Å². The van der Waals surface area contributed by atoms with Gasteiger partial charge in [-0.05, 0) is 40.7 Å².